The summed E-state index contributed by atoms with van der Waals surface area (Å²) in [6, 6.07) is 22.0. The molecule has 1 unspecified atom stereocenters. The number of rotatable bonds is 5. The number of anilines is 2. The number of thiocarbonyl (C=S) groups is 1. The van der Waals surface area contributed by atoms with Gasteiger partial charge < -0.3 is 20.4 Å². The molecule has 0 saturated heterocycles. The summed E-state index contributed by atoms with van der Waals surface area (Å²) in [6.45, 7) is 1.90. The quantitative estimate of drug-likeness (QED) is 0.330. The highest BCUT2D eigenvalue weighted by Crippen LogP contribution is 2.23. The summed E-state index contributed by atoms with van der Waals surface area (Å²) in [4.78, 5) is 12.6. The van der Waals surface area contributed by atoms with Crippen LogP contribution in [0.4, 0.5) is 15.8 Å². The molecular formula is C25H19FN4O2S. The minimum absolute atomic E-state index is 0.150. The molecule has 3 N–H and O–H groups in total. The van der Waals surface area contributed by atoms with E-state index in [0.29, 0.717) is 22.1 Å². The number of nitrogens with zero attached hydrogens (tertiary/aromatic N) is 1. The Labute approximate surface area is 195 Å². The maximum Gasteiger partial charge on any atom is 0.291 e. The van der Waals surface area contributed by atoms with Gasteiger partial charge in [0.05, 0.1) is 17.3 Å². The second-order valence-electron chi connectivity index (χ2n) is 7.35. The molecule has 0 fully saturated rings. The van der Waals surface area contributed by atoms with Crippen molar-refractivity contribution in [2.75, 3.05) is 10.6 Å². The van der Waals surface area contributed by atoms with E-state index in [1.54, 1.807) is 42.5 Å². The zero-order chi connectivity index (χ0) is 23.4. The zero-order valence-electron chi connectivity index (χ0n) is 17.6. The molecule has 3 aromatic carbocycles. The first-order chi connectivity index (χ1) is 15.9. The van der Waals surface area contributed by atoms with Gasteiger partial charge in [0.15, 0.2) is 10.9 Å². The Morgan fingerprint density at radius 1 is 1.06 bits per heavy atom. The van der Waals surface area contributed by atoms with Crippen LogP contribution < -0.4 is 16.0 Å². The highest BCUT2D eigenvalue weighted by molar-refractivity contribution is 7.80. The van der Waals surface area contributed by atoms with E-state index in [9.17, 15) is 14.4 Å². The van der Waals surface area contributed by atoms with E-state index >= 15 is 0 Å². The third kappa shape index (κ3) is 5.17. The lowest BCUT2D eigenvalue weighted by molar-refractivity contribution is 0.0998. The largest absolute Gasteiger partial charge is 0.451 e. The van der Waals surface area contributed by atoms with E-state index < -0.39 is 5.91 Å². The van der Waals surface area contributed by atoms with Gasteiger partial charge in [0.25, 0.3) is 5.91 Å². The van der Waals surface area contributed by atoms with Gasteiger partial charge in [-0.05, 0) is 67.2 Å². The van der Waals surface area contributed by atoms with Crippen molar-refractivity contribution in [2.24, 2.45) is 0 Å². The molecule has 0 spiro atoms. The Morgan fingerprint density at radius 2 is 1.82 bits per heavy atom. The number of carbonyl (C=O) groups excluding carboxylic acids is 1. The van der Waals surface area contributed by atoms with Crippen LogP contribution in [0.5, 0.6) is 0 Å². The van der Waals surface area contributed by atoms with Gasteiger partial charge in [-0.15, -0.1) is 0 Å². The molecular weight excluding hydrogens is 439 g/mol. The van der Waals surface area contributed by atoms with Gasteiger partial charge in [-0.3, -0.25) is 4.79 Å². The van der Waals surface area contributed by atoms with Crippen molar-refractivity contribution in [1.29, 1.82) is 5.26 Å². The summed E-state index contributed by atoms with van der Waals surface area (Å²) in [6.07, 6.45) is 0. The highest BCUT2D eigenvalue weighted by Gasteiger charge is 2.15. The van der Waals surface area contributed by atoms with Crippen LogP contribution in [0.3, 0.4) is 0 Å². The van der Waals surface area contributed by atoms with Gasteiger partial charge in [0.1, 0.15) is 17.5 Å². The maximum absolute atomic E-state index is 13.1. The SMILES string of the molecule is CC(NC(=S)Nc1ccc(NC(=O)c2cc3ccccc3o2)c(C#N)c1)c1ccc(F)cc1. The van der Waals surface area contributed by atoms with Gasteiger partial charge in [0.2, 0.25) is 0 Å². The second-order valence-corrected chi connectivity index (χ2v) is 7.75. The third-order valence-electron chi connectivity index (χ3n) is 5.01. The van der Waals surface area contributed by atoms with Crippen LogP contribution in [0.15, 0.2) is 77.2 Å². The normalized spacial score (nSPS) is 11.4. The summed E-state index contributed by atoms with van der Waals surface area (Å²) in [5.74, 6) is -0.598. The molecule has 8 heteroatoms. The predicted molar refractivity (Wildman–Crippen MR) is 129 cm³/mol. The predicted octanol–water partition coefficient (Wildman–Crippen LogP) is 5.74. The van der Waals surface area contributed by atoms with Crippen molar-refractivity contribution in [3.05, 3.63) is 95.5 Å². The molecule has 0 aliphatic heterocycles. The van der Waals surface area contributed by atoms with E-state index in [-0.39, 0.29) is 23.2 Å². The van der Waals surface area contributed by atoms with Gasteiger partial charge in [-0.1, -0.05) is 30.3 Å². The van der Waals surface area contributed by atoms with Crippen LogP contribution in [0.2, 0.25) is 0 Å². The molecule has 1 amide bonds. The van der Waals surface area contributed by atoms with E-state index in [4.69, 9.17) is 16.6 Å². The standard InChI is InChI=1S/C25H19FN4O2S/c1-15(16-6-8-19(26)9-7-16)28-25(33)29-20-10-11-21(18(12-20)14-27)30-24(31)23-13-17-4-2-3-5-22(17)32-23/h2-13,15H,1H3,(H,30,31)(H2,28,29,33). The van der Waals surface area contributed by atoms with Crippen molar-refractivity contribution in [3.8, 4) is 6.07 Å². The number of hydrogen-bond donors (Lipinski definition) is 3. The molecule has 0 radical (unpaired) electrons. The summed E-state index contributed by atoms with van der Waals surface area (Å²) < 4.78 is 18.7. The van der Waals surface area contributed by atoms with Crippen LogP contribution in [-0.2, 0) is 0 Å². The number of hydrogen-bond acceptors (Lipinski definition) is 4. The van der Waals surface area contributed by atoms with Crippen LogP contribution >= 0.6 is 12.2 Å². The molecule has 0 aliphatic rings. The Kier molecular flexibility index (Phi) is 6.33. The first-order valence-corrected chi connectivity index (χ1v) is 10.5. The number of amides is 1. The average Bonchev–Trinajstić information content (AvgIpc) is 3.25. The van der Waals surface area contributed by atoms with Crippen molar-refractivity contribution >= 4 is 45.6 Å². The molecule has 0 bridgehead atoms. The number of furan rings is 1. The van der Waals surface area contributed by atoms with Crippen molar-refractivity contribution in [1.82, 2.24) is 5.32 Å². The lowest BCUT2D eigenvalue weighted by Crippen LogP contribution is -2.30. The fourth-order valence-corrected chi connectivity index (χ4v) is 3.59. The summed E-state index contributed by atoms with van der Waals surface area (Å²) in [5.41, 5.74) is 2.68. The van der Waals surface area contributed by atoms with Crippen LogP contribution in [0, 0.1) is 17.1 Å². The molecule has 164 valence electrons. The van der Waals surface area contributed by atoms with Gasteiger partial charge in [0, 0.05) is 11.1 Å². The highest BCUT2D eigenvalue weighted by atomic mass is 32.1. The molecule has 1 aromatic heterocycles. The first-order valence-electron chi connectivity index (χ1n) is 10.1. The average molecular weight is 459 g/mol. The van der Waals surface area contributed by atoms with Gasteiger partial charge in [-0.25, -0.2) is 4.39 Å². The molecule has 0 saturated carbocycles. The molecule has 0 aliphatic carbocycles. The van der Waals surface area contributed by atoms with Crippen LogP contribution in [0.1, 0.15) is 34.6 Å². The fraction of sp³-hybridized carbons (Fsp3) is 0.0800. The molecule has 6 nitrogen and oxygen atoms in total. The minimum atomic E-state index is -0.450. The smallest absolute Gasteiger partial charge is 0.291 e. The summed E-state index contributed by atoms with van der Waals surface area (Å²) in [5, 5.41) is 19.6. The number of fused-ring (bicyclic) bond motifs is 1. The van der Waals surface area contributed by atoms with Gasteiger partial charge >= 0.3 is 0 Å². The van der Waals surface area contributed by atoms with Crippen molar-refractivity contribution < 1.29 is 13.6 Å². The molecule has 1 heterocycles. The first kappa shape index (κ1) is 22.0. The number of nitriles is 1. The Morgan fingerprint density at radius 3 is 2.55 bits per heavy atom. The Hall–Kier alpha value is -4.22. The molecule has 33 heavy (non-hydrogen) atoms. The Balaban J connectivity index is 1.42. The minimum Gasteiger partial charge on any atom is -0.451 e. The lowest BCUT2D eigenvalue weighted by Gasteiger charge is -2.18. The number of nitrogens with one attached hydrogen (secondary N) is 3. The zero-order valence-corrected chi connectivity index (χ0v) is 18.4. The van der Waals surface area contributed by atoms with E-state index in [0.717, 1.165) is 10.9 Å². The number of carbonyl (C=O) groups is 1. The van der Waals surface area contributed by atoms with E-state index in [1.807, 2.05) is 25.1 Å². The lowest BCUT2D eigenvalue weighted by atomic mass is 10.1. The van der Waals surface area contributed by atoms with Crippen LogP contribution in [0.25, 0.3) is 11.0 Å². The summed E-state index contributed by atoms with van der Waals surface area (Å²) in [7, 11) is 0. The van der Waals surface area contributed by atoms with Crippen molar-refractivity contribution in [2.45, 2.75) is 13.0 Å². The summed E-state index contributed by atoms with van der Waals surface area (Å²) >= 11 is 5.35. The molecule has 1 atom stereocenters. The number of para-hydroxylation sites is 1. The number of halogens is 1. The Bertz CT molecular complexity index is 1340. The second kappa shape index (κ2) is 9.51. The fourth-order valence-electron chi connectivity index (χ4n) is 3.30. The van der Waals surface area contributed by atoms with Crippen molar-refractivity contribution in [3.63, 3.8) is 0 Å². The third-order valence-corrected chi connectivity index (χ3v) is 5.23. The topological polar surface area (TPSA) is 90.1 Å². The van der Waals surface area contributed by atoms with E-state index in [1.165, 1.54) is 12.1 Å². The van der Waals surface area contributed by atoms with Crippen LogP contribution in [-0.4, -0.2) is 11.0 Å². The van der Waals surface area contributed by atoms with Gasteiger partial charge in [-0.2, -0.15) is 5.26 Å². The van der Waals surface area contributed by atoms with E-state index in [2.05, 4.69) is 22.0 Å². The maximum atomic E-state index is 13.1. The molecule has 4 rings (SSSR count). The number of benzene rings is 3. The monoisotopic (exact) mass is 458 g/mol. The molecule has 4 aromatic rings.